The van der Waals surface area contributed by atoms with Gasteiger partial charge >= 0.3 is 5.97 Å². The van der Waals surface area contributed by atoms with Gasteiger partial charge in [-0.15, -0.1) is 0 Å². The predicted molar refractivity (Wildman–Crippen MR) is 96.1 cm³/mol. The number of hydrogen-bond acceptors (Lipinski definition) is 4. The largest absolute Gasteiger partial charge is 0.478 e. The van der Waals surface area contributed by atoms with Gasteiger partial charge in [0.15, 0.2) is 0 Å². The van der Waals surface area contributed by atoms with E-state index in [0.717, 1.165) is 25.8 Å². The van der Waals surface area contributed by atoms with Crippen LogP contribution in [0.3, 0.4) is 0 Å². The number of hydrogen-bond donors (Lipinski definition) is 2. The molecule has 1 atom stereocenters. The van der Waals surface area contributed by atoms with Crippen molar-refractivity contribution in [1.82, 2.24) is 4.98 Å². The van der Waals surface area contributed by atoms with Crippen molar-refractivity contribution < 1.29 is 9.90 Å². The highest BCUT2D eigenvalue weighted by Crippen LogP contribution is 2.34. The van der Waals surface area contributed by atoms with Gasteiger partial charge in [-0.2, -0.15) is 0 Å². The van der Waals surface area contributed by atoms with Gasteiger partial charge in [-0.05, 0) is 48.6 Å². The fourth-order valence-corrected chi connectivity index (χ4v) is 3.35. The summed E-state index contributed by atoms with van der Waals surface area (Å²) < 4.78 is 0. The van der Waals surface area contributed by atoms with Gasteiger partial charge in [0.25, 0.3) is 0 Å². The van der Waals surface area contributed by atoms with E-state index >= 15 is 0 Å². The Kier molecular flexibility index (Phi) is 4.69. The second-order valence-corrected chi connectivity index (χ2v) is 6.47. The lowest BCUT2D eigenvalue weighted by atomic mass is 9.82. The van der Waals surface area contributed by atoms with Gasteiger partial charge in [0.1, 0.15) is 0 Å². The molecule has 1 aliphatic rings. The van der Waals surface area contributed by atoms with E-state index in [2.05, 4.69) is 47.5 Å². The third-order valence-electron chi connectivity index (χ3n) is 4.67. The molecule has 1 heterocycles. The van der Waals surface area contributed by atoms with Gasteiger partial charge in [-0.3, -0.25) is 4.98 Å². The molecule has 0 fully saturated rings. The molecule has 24 heavy (non-hydrogen) atoms. The number of aryl methyl sites for hydroxylation is 1. The van der Waals surface area contributed by atoms with E-state index in [1.165, 1.54) is 29.1 Å². The molecule has 1 aliphatic carbocycles. The molecule has 0 radical (unpaired) electrons. The van der Waals surface area contributed by atoms with Crippen LogP contribution in [-0.2, 0) is 6.42 Å². The summed E-state index contributed by atoms with van der Waals surface area (Å²) >= 11 is 0. The number of anilines is 2. The van der Waals surface area contributed by atoms with Crippen molar-refractivity contribution in [3.8, 4) is 0 Å². The number of nitrogens with one attached hydrogen (secondary N) is 1. The average Bonchev–Trinajstić information content (AvgIpc) is 2.59. The van der Waals surface area contributed by atoms with Crippen LogP contribution in [0, 0.1) is 0 Å². The van der Waals surface area contributed by atoms with Crippen LogP contribution in [0.2, 0.25) is 0 Å². The molecule has 1 aromatic heterocycles. The number of nitrogens with zero attached hydrogens (tertiary/aromatic N) is 2. The number of rotatable bonds is 5. The van der Waals surface area contributed by atoms with Crippen molar-refractivity contribution in [3.05, 3.63) is 53.3 Å². The quantitative estimate of drug-likeness (QED) is 0.882. The van der Waals surface area contributed by atoms with E-state index in [0.29, 0.717) is 11.6 Å². The maximum absolute atomic E-state index is 11.3. The first-order chi connectivity index (χ1) is 11.6. The molecule has 0 aliphatic heterocycles. The Morgan fingerprint density at radius 1 is 1.38 bits per heavy atom. The van der Waals surface area contributed by atoms with Gasteiger partial charge in [0.2, 0.25) is 0 Å². The molecule has 0 bridgehead atoms. The number of fused-ring (bicyclic) bond motifs is 1. The molecule has 2 aromatic rings. The summed E-state index contributed by atoms with van der Waals surface area (Å²) in [4.78, 5) is 17.5. The lowest BCUT2D eigenvalue weighted by Gasteiger charge is -2.27. The molecule has 0 unspecified atom stereocenters. The third kappa shape index (κ3) is 3.35. The highest BCUT2D eigenvalue weighted by atomic mass is 16.4. The molecular formula is C19H23N3O2. The smallest absolute Gasteiger partial charge is 0.337 e. The van der Waals surface area contributed by atoms with Crippen LogP contribution >= 0.6 is 0 Å². The van der Waals surface area contributed by atoms with Gasteiger partial charge in [-0.25, -0.2) is 4.79 Å². The van der Waals surface area contributed by atoms with Gasteiger partial charge in [0, 0.05) is 38.4 Å². The first kappa shape index (κ1) is 16.3. The number of aromatic carboxylic acids is 1. The van der Waals surface area contributed by atoms with Crippen LogP contribution in [-0.4, -0.2) is 36.7 Å². The van der Waals surface area contributed by atoms with Crippen LogP contribution in [0.4, 0.5) is 11.4 Å². The second-order valence-electron chi connectivity index (χ2n) is 6.47. The molecule has 0 spiro atoms. The zero-order valence-corrected chi connectivity index (χ0v) is 14.1. The van der Waals surface area contributed by atoms with Crippen molar-refractivity contribution in [2.24, 2.45) is 0 Å². The molecule has 2 N–H and O–H groups in total. The van der Waals surface area contributed by atoms with Crippen LogP contribution in [0.1, 0.15) is 40.2 Å². The number of carbonyl (C=O) groups is 1. The maximum atomic E-state index is 11.3. The zero-order valence-electron chi connectivity index (χ0n) is 14.1. The monoisotopic (exact) mass is 325 g/mol. The molecule has 5 heteroatoms. The van der Waals surface area contributed by atoms with Gasteiger partial charge in [0.05, 0.1) is 17.4 Å². The average molecular weight is 325 g/mol. The molecule has 1 aromatic carbocycles. The highest BCUT2D eigenvalue weighted by molar-refractivity contribution is 5.93. The summed E-state index contributed by atoms with van der Waals surface area (Å²) in [7, 11) is 4.11. The van der Waals surface area contributed by atoms with Crippen molar-refractivity contribution in [2.45, 2.75) is 25.2 Å². The fraction of sp³-hybridized carbons (Fsp3) is 0.368. The Hall–Kier alpha value is -2.56. The predicted octanol–water partition coefficient (Wildman–Crippen LogP) is 3.38. The lowest BCUT2D eigenvalue weighted by Crippen LogP contribution is -2.20. The molecular weight excluding hydrogens is 302 g/mol. The summed E-state index contributed by atoms with van der Waals surface area (Å²) in [6, 6.07) is 8.18. The fourth-order valence-electron chi connectivity index (χ4n) is 3.35. The van der Waals surface area contributed by atoms with Crippen molar-refractivity contribution in [3.63, 3.8) is 0 Å². The minimum Gasteiger partial charge on any atom is -0.478 e. The minimum atomic E-state index is -0.931. The number of aromatic nitrogens is 1. The van der Waals surface area contributed by atoms with E-state index in [9.17, 15) is 9.90 Å². The van der Waals surface area contributed by atoms with Crippen LogP contribution in [0.25, 0.3) is 0 Å². The second kappa shape index (κ2) is 6.91. The first-order valence-corrected chi connectivity index (χ1v) is 8.27. The maximum Gasteiger partial charge on any atom is 0.337 e. The lowest BCUT2D eigenvalue weighted by molar-refractivity contribution is 0.0698. The SMILES string of the molecule is CN(C)c1ccc2c(c1)CCC[C@H]2CNc1cnccc1C(=O)O. The van der Waals surface area contributed by atoms with Crippen LogP contribution < -0.4 is 10.2 Å². The molecule has 0 saturated heterocycles. The number of benzene rings is 1. The number of carboxylic acids is 1. The van der Waals surface area contributed by atoms with E-state index < -0.39 is 5.97 Å². The Morgan fingerprint density at radius 3 is 2.96 bits per heavy atom. The van der Waals surface area contributed by atoms with E-state index in [1.54, 1.807) is 6.20 Å². The molecule has 5 nitrogen and oxygen atoms in total. The van der Waals surface area contributed by atoms with Crippen molar-refractivity contribution in [1.29, 1.82) is 0 Å². The molecule has 0 amide bonds. The number of carboxylic acid groups (broad SMARTS) is 1. The summed E-state index contributed by atoms with van der Waals surface area (Å²) in [5.41, 5.74) is 4.86. The zero-order chi connectivity index (χ0) is 17.1. The van der Waals surface area contributed by atoms with Crippen molar-refractivity contribution in [2.75, 3.05) is 30.9 Å². The Bertz CT molecular complexity index is 743. The highest BCUT2D eigenvalue weighted by Gasteiger charge is 2.21. The van der Waals surface area contributed by atoms with E-state index in [1.807, 2.05) is 0 Å². The Balaban J connectivity index is 1.78. The standard InChI is InChI=1S/C19H23N3O2/c1-22(2)15-6-7-16-13(10-15)4-3-5-14(16)11-21-18-12-20-9-8-17(18)19(23)24/h6-10,12,14,21H,3-5,11H2,1-2H3,(H,23,24)/t14-/m0/s1. The van der Waals surface area contributed by atoms with Crippen LogP contribution in [0.5, 0.6) is 0 Å². The Labute approximate surface area is 142 Å². The van der Waals surface area contributed by atoms with Gasteiger partial charge in [-0.1, -0.05) is 6.07 Å². The topological polar surface area (TPSA) is 65.5 Å². The minimum absolute atomic E-state index is 0.268. The third-order valence-corrected chi connectivity index (χ3v) is 4.67. The van der Waals surface area contributed by atoms with Gasteiger partial charge < -0.3 is 15.3 Å². The van der Waals surface area contributed by atoms with Crippen LogP contribution in [0.15, 0.2) is 36.7 Å². The Morgan fingerprint density at radius 2 is 2.21 bits per heavy atom. The number of pyridine rings is 1. The first-order valence-electron chi connectivity index (χ1n) is 8.27. The van der Waals surface area contributed by atoms with E-state index in [-0.39, 0.29) is 5.56 Å². The van der Waals surface area contributed by atoms with E-state index in [4.69, 9.17) is 0 Å². The molecule has 3 rings (SSSR count). The van der Waals surface area contributed by atoms with Crippen molar-refractivity contribution >= 4 is 17.3 Å². The summed E-state index contributed by atoms with van der Waals surface area (Å²) in [5.74, 6) is -0.536. The summed E-state index contributed by atoms with van der Waals surface area (Å²) in [6.45, 7) is 0.723. The normalized spacial score (nSPS) is 16.3. The summed E-state index contributed by atoms with van der Waals surface area (Å²) in [6.07, 6.45) is 6.48. The summed E-state index contributed by atoms with van der Waals surface area (Å²) in [5, 5.41) is 12.6. The molecule has 126 valence electrons. The molecule has 0 saturated carbocycles.